The van der Waals surface area contributed by atoms with E-state index in [9.17, 15) is 9.90 Å². The number of carbonyl (C=O) groups excluding carboxylic acids is 1. The maximum atomic E-state index is 12.5. The molecule has 0 aromatic rings. The number of hydrogen-bond donors (Lipinski definition) is 1. The van der Waals surface area contributed by atoms with Crippen LogP contribution in [0.4, 0.5) is 0 Å². The van der Waals surface area contributed by atoms with Gasteiger partial charge in [0.2, 0.25) is 0 Å². The molecule has 1 N–H and O–H groups in total. The predicted molar refractivity (Wildman–Crippen MR) is 63.4 cm³/mol. The van der Waals surface area contributed by atoms with Crippen molar-refractivity contribution in [3.05, 3.63) is 12.2 Å². The fourth-order valence-electron chi connectivity index (χ4n) is 5.97. The normalized spacial score (nSPS) is 62.9. The largest absolute Gasteiger partial charge is 0.459 e. The topological polar surface area (TPSA) is 46.5 Å². The van der Waals surface area contributed by atoms with E-state index in [0.717, 1.165) is 12.8 Å². The van der Waals surface area contributed by atoms with Crippen molar-refractivity contribution in [2.45, 2.75) is 37.9 Å². The molecular formula is C15H18O3. The number of fused-ring (bicyclic) bond motifs is 3. The summed E-state index contributed by atoms with van der Waals surface area (Å²) >= 11 is 0. The first kappa shape index (κ1) is 10.0. The Hall–Kier alpha value is -0.830. The van der Waals surface area contributed by atoms with Crippen LogP contribution in [-0.2, 0) is 9.53 Å². The molecule has 1 saturated heterocycles. The van der Waals surface area contributed by atoms with Crippen molar-refractivity contribution in [2.75, 3.05) is 0 Å². The molecule has 1 heterocycles. The van der Waals surface area contributed by atoms with Gasteiger partial charge in [0.05, 0.1) is 11.5 Å². The molecule has 0 radical (unpaired) electrons. The average Bonchev–Trinajstić information content (AvgIpc) is 3.09. The first-order valence-corrected chi connectivity index (χ1v) is 7.27. The van der Waals surface area contributed by atoms with Crippen LogP contribution in [-0.4, -0.2) is 23.3 Å². The van der Waals surface area contributed by atoms with E-state index >= 15 is 0 Å². The van der Waals surface area contributed by atoms with Crippen molar-refractivity contribution in [1.82, 2.24) is 0 Å². The lowest BCUT2D eigenvalue weighted by Gasteiger charge is -2.38. The number of rotatable bonds is 1. The summed E-state index contributed by atoms with van der Waals surface area (Å²) in [4.78, 5) is 12.5. The van der Waals surface area contributed by atoms with Crippen LogP contribution >= 0.6 is 0 Å². The van der Waals surface area contributed by atoms with Gasteiger partial charge in [-0.3, -0.25) is 4.79 Å². The van der Waals surface area contributed by atoms with Crippen molar-refractivity contribution >= 4 is 5.97 Å². The maximum absolute atomic E-state index is 12.5. The second-order valence-corrected chi connectivity index (χ2v) is 7.09. The Morgan fingerprint density at radius 1 is 1.22 bits per heavy atom. The van der Waals surface area contributed by atoms with Crippen molar-refractivity contribution < 1.29 is 14.6 Å². The van der Waals surface area contributed by atoms with E-state index < -0.39 is 0 Å². The van der Waals surface area contributed by atoms with Crippen molar-refractivity contribution in [1.29, 1.82) is 0 Å². The quantitative estimate of drug-likeness (QED) is 0.563. The highest BCUT2D eigenvalue weighted by Crippen LogP contribution is 2.68. The van der Waals surface area contributed by atoms with Gasteiger partial charge < -0.3 is 9.84 Å². The maximum Gasteiger partial charge on any atom is 0.313 e. The lowest BCUT2D eigenvalue weighted by molar-refractivity contribution is -0.151. The molecule has 8 atom stereocenters. The van der Waals surface area contributed by atoms with Crippen molar-refractivity contribution in [2.24, 2.45) is 35.0 Å². The minimum atomic E-state index is -0.385. The van der Waals surface area contributed by atoms with E-state index in [1.165, 1.54) is 12.8 Å². The molecule has 0 amide bonds. The van der Waals surface area contributed by atoms with Crippen molar-refractivity contribution in [3.8, 4) is 0 Å². The molecule has 96 valence electrons. The SMILES string of the molecule is O=C1OC2C(O)C3CC2C1(C1CC2C=CC1C2)C3. The summed E-state index contributed by atoms with van der Waals surface area (Å²) in [5.41, 5.74) is -0.223. The third-order valence-electron chi connectivity index (χ3n) is 6.60. The van der Waals surface area contributed by atoms with Crippen LogP contribution in [0, 0.1) is 35.0 Å². The highest BCUT2D eigenvalue weighted by molar-refractivity contribution is 5.82. The van der Waals surface area contributed by atoms with Gasteiger partial charge in [-0.1, -0.05) is 12.2 Å². The van der Waals surface area contributed by atoms with Gasteiger partial charge in [0, 0.05) is 5.92 Å². The van der Waals surface area contributed by atoms with E-state index in [4.69, 9.17) is 4.74 Å². The molecule has 5 aliphatic rings. The van der Waals surface area contributed by atoms with Gasteiger partial charge in [-0.25, -0.2) is 0 Å². The van der Waals surface area contributed by atoms with Crippen LogP contribution in [0.25, 0.3) is 0 Å². The van der Waals surface area contributed by atoms with Gasteiger partial charge in [0.1, 0.15) is 6.10 Å². The summed E-state index contributed by atoms with van der Waals surface area (Å²) in [6.45, 7) is 0. The minimum absolute atomic E-state index is 0.0162. The summed E-state index contributed by atoms with van der Waals surface area (Å²) in [6.07, 6.45) is 8.40. The monoisotopic (exact) mass is 246 g/mol. The molecule has 3 heteroatoms. The van der Waals surface area contributed by atoms with Crippen LogP contribution in [0.5, 0.6) is 0 Å². The second-order valence-electron chi connectivity index (χ2n) is 7.09. The summed E-state index contributed by atoms with van der Waals surface area (Å²) < 4.78 is 5.56. The second kappa shape index (κ2) is 2.84. The summed E-state index contributed by atoms with van der Waals surface area (Å²) in [6, 6.07) is 0. The molecule has 18 heavy (non-hydrogen) atoms. The van der Waals surface area contributed by atoms with Crippen LogP contribution in [0.2, 0.25) is 0 Å². The average molecular weight is 246 g/mol. The lowest BCUT2D eigenvalue weighted by Crippen LogP contribution is -2.44. The van der Waals surface area contributed by atoms with Gasteiger partial charge in [-0.05, 0) is 49.4 Å². The van der Waals surface area contributed by atoms with Gasteiger partial charge in [-0.15, -0.1) is 0 Å². The van der Waals surface area contributed by atoms with Gasteiger partial charge >= 0.3 is 5.97 Å². The van der Waals surface area contributed by atoms with Crippen LogP contribution in [0.1, 0.15) is 25.7 Å². The molecule has 1 aliphatic heterocycles. The zero-order valence-electron chi connectivity index (χ0n) is 10.3. The molecule has 3 nitrogen and oxygen atoms in total. The van der Waals surface area contributed by atoms with E-state index in [1.807, 2.05) is 0 Å². The van der Waals surface area contributed by atoms with Crippen LogP contribution in [0.15, 0.2) is 12.2 Å². The van der Waals surface area contributed by atoms with Crippen LogP contribution in [0.3, 0.4) is 0 Å². The number of ether oxygens (including phenoxy) is 1. The molecule has 3 saturated carbocycles. The zero-order chi connectivity index (χ0) is 12.1. The third-order valence-corrected chi connectivity index (χ3v) is 6.60. The fraction of sp³-hybridized carbons (Fsp3) is 0.800. The lowest BCUT2D eigenvalue weighted by atomic mass is 9.61. The predicted octanol–water partition coefficient (Wildman–Crippen LogP) is 1.51. The Labute approximate surface area is 106 Å². The molecule has 4 fully saturated rings. The van der Waals surface area contributed by atoms with E-state index in [0.29, 0.717) is 29.6 Å². The van der Waals surface area contributed by atoms with E-state index in [2.05, 4.69) is 12.2 Å². The number of aliphatic hydroxyl groups is 1. The smallest absolute Gasteiger partial charge is 0.313 e. The Bertz CT molecular complexity index is 470. The molecule has 0 spiro atoms. The number of carbonyl (C=O) groups is 1. The summed E-state index contributed by atoms with van der Waals surface area (Å²) in [5.74, 6) is 2.43. The summed E-state index contributed by atoms with van der Waals surface area (Å²) in [7, 11) is 0. The van der Waals surface area contributed by atoms with E-state index in [-0.39, 0.29) is 23.6 Å². The minimum Gasteiger partial charge on any atom is -0.459 e. The fourth-order valence-corrected chi connectivity index (χ4v) is 5.97. The Morgan fingerprint density at radius 2 is 2.11 bits per heavy atom. The highest BCUT2D eigenvalue weighted by atomic mass is 16.6. The Balaban J connectivity index is 1.60. The molecule has 5 rings (SSSR count). The van der Waals surface area contributed by atoms with Gasteiger partial charge in [-0.2, -0.15) is 0 Å². The highest BCUT2D eigenvalue weighted by Gasteiger charge is 2.73. The van der Waals surface area contributed by atoms with Gasteiger partial charge in [0.15, 0.2) is 0 Å². The standard InChI is InChI=1S/C15H18O3/c16-12-9-5-11-13(12)18-14(17)15(11,6-9)10-4-7-1-2-8(10)3-7/h1-2,7-13,16H,3-6H2. The Morgan fingerprint density at radius 3 is 2.78 bits per heavy atom. The number of aliphatic hydroxyl groups excluding tert-OH is 1. The number of allylic oxidation sites excluding steroid dienone is 2. The first-order chi connectivity index (χ1) is 8.70. The zero-order valence-corrected chi connectivity index (χ0v) is 10.3. The summed E-state index contributed by atoms with van der Waals surface area (Å²) in [5, 5.41) is 10.1. The molecule has 4 aliphatic carbocycles. The Kier molecular flexibility index (Phi) is 1.58. The molecule has 0 aromatic heterocycles. The molecule has 0 aromatic carbocycles. The first-order valence-electron chi connectivity index (χ1n) is 7.27. The molecule has 8 unspecified atom stereocenters. The number of hydrogen-bond acceptors (Lipinski definition) is 3. The van der Waals surface area contributed by atoms with Crippen LogP contribution < -0.4 is 0 Å². The molecule has 4 bridgehead atoms. The van der Waals surface area contributed by atoms with Gasteiger partial charge in [0.25, 0.3) is 0 Å². The van der Waals surface area contributed by atoms with Crippen molar-refractivity contribution in [3.63, 3.8) is 0 Å². The van der Waals surface area contributed by atoms with E-state index in [1.54, 1.807) is 0 Å². The third kappa shape index (κ3) is 0.870. The number of esters is 1. The molecular weight excluding hydrogens is 228 g/mol.